The van der Waals surface area contributed by atoms with Crippen LogP contribution >= 0.6 is 0 Å². The molecule has 1 aliphatic heterocycles. The third-order valence-corrected chi connectivity index (χ3v) is 4.45. The number of rotatable bonds is 5. The van der Waals surface area contributed by atoms with Crippen molar-refractivity contribution in [2.45, 2.75) is 19.9 Å². The van der Waals surface area contributed by atoms with E-state index < -0.39 is 0 Å². The quantitative estimate of drug-likeness (QED) is 0.920. The molecule has 0 bridgehead atoms. The number of hydrogen-bond donors (Lipinski definition) is 1. The Kier molecular flexibility index (Phi) is 5.26. The van der Waals surface area contributed by atoms with E-state index in [0.717, 1.165) is 37.5 Å². The Morgan fingerprint density at radius 2 is 1.87 bits per heavy atom. The van der Waals surface area contributed by atoms with Gasteiger partial charge >= 0.3 is 0 Å². The molecule has 0 amide bonds. The Balaban J connectivity index is 1.74. The number of benzene rings is 1. The molecule has 4 heteroatoms. The van der Waals surface area contributed by atoms with Crippen LogP contribution in [-0.2, 0) is 0 Å². The fourth-order valence-electron chi connectivity index (χ4n) is 3.06. The Morgan fingerprint density at radius 3 is 2.57 bits per heavy atom. The van der Waals surface area contributed by atoms with Crippen LogP contribution in [-0.4, -0.2) is 42.7 Å². The smallest absolute Gasteiger partial charge is 0.138 e. The van der Waals surface area contributed by atoms with Crippen LogP contribution < -0.4 is 10.1 Å². The molecule has 3 rings (SSSR count). The maximum absolute atomic E-state index is 5.53. The van der Waals surface area contributed by atoms with Crippen LogP contribution in [0.1, 0.15) is 25.5 Å². The van der Waals surface area contributed by atoms with Crippen LogP contribution in [0.3, 0.4) is 0 Å². The average Bonchev–Trinajstić information content (AvgIpc) is 2.62. The predicted molar refractivity (Wildman–Crippen MR) is 93.7 cm³/mol. The maximum atomic E-state index is 5.53. The molecule has 0 radical (unpaired) electrons. The summed E-state index contributed by atoms with van der Waals surface area (Å²) in [5.41, 5.74) is 3.64. The maximum Gasteiger partial charge on any atom is 0.138 e. The lowest BCUT2D eigenvalue weighted by Crippen LogP contribution is -2.44. The largest absolute Gasteiger partial charge is 0.492 e. The van der Waals surface area contributed by atoms with Crippen molar-refractivity contribution in [2.24, 2.45) is 0 Å². The molecule has 0 saturated carbocycles. The number of hydrogen-bond acceptors (Lipinski definition) is 4. The van der Waals surface area contributed by atoms with Gasteiger partial charge in [-0.2, -0.15) is 0 Å². The van der Waals surface area contributed by atoms with Crippen LogP contribution in [0.5, 0.6) is 5.75 Å². The monoisotopic (exact) mass is 311 g/mol. The topological polar surface area (TPSA) is 37.4 Å². The molecule has 1 aromatic carbocycles. The zero-order valence-corrected chi connectivity index (χ0v) is 14.0. The van der Waals surface area contributed by atoms with Crippen LogP contribution in [0.2, 0.25) is 0 Å². The minimum Gasteiger partial charge on any atom is -0.492 e. The van der Waals surface area contributed by atoms with Crippen molar-refractivity contribution >= 4 is 0 Å². The summed E-state index contributed by atoms with van der Waals surface area (Å²) < 4.78 is 5.53. The van der Waals surface area contributed by atoms with Gasteiger partial charge in [0.1, 0.15) is 5.75 Å². The number of nitrogens with zero attached hydrogens (tertiary/aromatic N) is 2. The van der Waals surface area contributed by atoms with Gasteiger partial charge in [-0.1, -0.05) is 24.3 Å². The molecule has 0 spiro atoms. The van der Waals surface area contributed by atoms with Gasteiger partial charge in [-0.15, -0.1) is 0 Å². The first kappa shape index (κ1) is 16.0. The first-order valence-electron chi connectivity index (χ1n) is 8.41. The van der Waals surface area contributed by atoms with E-state index >= 15 is 0 Å². The van der Waals surface area contributed by atoms with Crippen LogP contribution in [0.4, 0.5) is 0 Å². The number of piperazine rings is 1. The predicted octanol–water partition coefficient (Wildman–Crippen LogP) is 3.11. The lowest BCUT2D eigenvalue weighted by molar-refractivity contribution is 0.185. The average molecular weight is 311 g/mol. The number of ether oxygens (including phenoxy) is 1. The normalized spacial score (nSPS) is 17.0. The lowest BCUT2D eigenvalue weighted by Gasteiger charge is -2.33. The summed E-state index contributed by atoms with van der Waals surface area (Å²) in [6.45, 7) is 9.33. The number of pyridine rings is 1. The molecule has 122 valence electrons. The SMILES string of the molecule is CCOc1cncc(-c2ccc(C(C)N3CCNCC3)cc2)c1. The molecule has 4 nitrogen and oxygen atoms in total. The minimum atomic E-state index is 0.457. The van der Waals surface area contributed by atoms with E-state index in [0.29, 0.717) is 12.6 Å². The summed E-state index contributed by atoms with van der Waals surface area (Å²) in [5, 5.41) is 3.41. The fraction of sp³-hybridized carbons (Fsp3) is 0.421. The fourth-order valence-corrected chi connectivity index (χ4v) is 3.06. The molecule has 23 heavy (non-hydrogen) atoms. The number of nitrogens with one attached hydrogen (secondary N) is 1. The summed E-state index contributed by atoms with van der Waals surface area (Å²) in [6.07, 6.45) is 3.64. The van der Waals surface area contributed by atoms with Crippen LogP contribution in [0.15, 0.2) is 42.7 Å². The van der Waals surface area contributed by atoms with E-state index in [4.69, 9.17) is 4.74 Å². The van der Waals surface area contributed by atoms with Gasteiger partial charge in [0, 0.05) is 44.0 Å². The molecule has 2 aromatic rings. The van der Waals surface area contributed by atoms with Gasteiger partial charge in [-0.3, -0.25) is 9.88 Å². The van der Waals surface area contributed by atoms with Gasteiger partial charge in [-0.25, -0.2) is 0 Å². The van der Waals surface area contributed by atoms with Crippen molar-refractivity contribution in [3.63, 3.8) is 0 Å². The van der Waals surface area contributed by atoms with Crippen molar-refractivity contribution in [3.8, 4) is 16.9 Å². The van der Waals surface area contributed by atoms with E-state index in [9.17, 15) is 0 Å². The minimum absolute atomic E-state index is 0.457. The number of aromatic nitrogens is 1. The van der Waals surface area contributed by atoms with Gasteiger partial charge in [-0.05, 0) is 31.0 Å². The second kappa shape index (κ2) is 7.57. The van der Waals surface area contributed by atoms with Crippen molar-refractivity contribution in [1.82, 2.24) is 15.2 Å². The van der Waals surface area contributed by atoms with Gasteiger partial charge in [0.25, 0.3) is 0 Å². The molecule has 1 fully saturated rings. The Labute approximate surface area is 138 Å². The van der Waals surface area contributed by atoms with Gasteiger partial charge < -0.3 is 10.1 Å². The molecule has 1 aliphatic rings. The third-order valence-electron chi connectivity index (χ3n) is 4.45. The van der Waals surface area contributed by atoms with Gasteiger partial charge in [0.15, 0.2) is 0 Å². The highest BCUT2D eigenvalue weighted by Crippen LogP contribution is 2.26. The van der Waals surface area contributed by atoms with Gasteiger partial charge in [0.2, 0.25) is 0 Å². The Hall–Kier alpha value is -1.91. The molecule has 1 saturated heterocycles. The van der Waals surface area contributed by atoms with E-state index in [1.165, 1.54) is 11.1 Å². The third kappa shape index (κ3) is 3.89. The highest BCUT2D eigenvalue weighted by atomic mass is 16.5. The standard InChI is InChI=1S/C19H25N3O/c1-3-23-19-12-18(13-21-14-19)17-6-4-16(5-7-17)15(2)22-10-8-20-9-11-22/h4-7,12-15,20H,3,8-11H2,1-2H3. The van der Waals surface area contributed by atoms with E-state index in [1.807, 2.05) is 19.2 Å². The molecule has 0 aliphatic carbocycles. The Morgan fingerprint density at radius 1 is 1.13 bits per heavy atom. The van der Waals surface area contributed by atoms with Crippen molar-refractivity contribution in [1.29, 1.82) is 0 Å². The molecule has 1 atom stereocenters. The van der Waals surface area contributed by atoms with Crippen LogP contribution in [0, 0.1) is 0 Å². The zero-order chi connectivity index (χ0) is 16.1. The van der Waals surface area contributed by atoms with E-state index in [1.54, 1.807) is 6.20 Å². The molecule has 2 heterocycles. The summed E-state index contributed by atoms with van der Waals surface area (Å²) >= 11 is 0. The van der Waals surface area contributed by atoms with E-state index in [-0.39, 0.29) is 0 Å². The summed E-state index contributed by atoms with van der Waals surface area (Å²) in [5.74, 6) is 0.822. The van der Waals surface area contributed by atoms with Gasteiger partial charge in [0.05, 0.1) is 12.8 Å². The second-order valence-electron chi connectivity index (χ2n) is 5.93. The van der Waals surface area contributed by atoms with Crippen molar-refractivity contribution in [2.75, 3.05) is 32.8 Å². The zero-order valence-electron chi connectivity index (χ0n) is 14.0. The molecular weight excluding hydrogens is 286 g/mol. The Bertz CT molecular complexity index is 621. The summed E-state index contributed by atoms with van der Waals surface area (Å²) in [7, 11) is 0. The lowest BCUT2D eigenvalue weighted by atomic mass is 10.0. The molecule has 1 aromatic heterocycles. The molecular formula is C19H25N3O. The summed E-state index contributed by atoms with van der Waals surface area (Å²) in [4.78, 5) is 6.80. The second-order valence-corrected chi connectivity index (χ2v) is 5.93. The van der Waals surface area contributed by atoms with Crippen molar-refractivity contribution in [3.05, 3.63) is 48.3 Å². The first-order valence-corrected chi connectivity index (χ1v) is 8.41. The highest BCUT2D eigenvalue weighted by molar-refractivity contribution is 5.64. The molecule has 1 unspecified atom stereocenters. The van der Waals surface area contributed by atoms with Crippen molar-refractivity contribution < 1.29 is 4.74 Å². The van der Waals surface area contributed by atoms with E-state index in [2.05, 4.69) is 46.4 Å². The van der Waals surface area contributed by atoms with Crippen LogP contribution in [0.25, 0.3) is 11.1 Å². The summed E-state index contributed by atoms with van der Waals surface area (Å²) in [6, 6.07) is 11.3. The first-order chi connectivity index (χ1) is 11.3. The molecule has 1 N–H and O–H groups in total. The highest BCUT2D eigenvalue weighted by Gasteiger charge is 2.17.